The fourth-order valence-corrected chi connectivity index (χ4v) is 3.72. The van der Waals surface area contributed by atoms with Gasteiger partial charge in [-0.25, -0.2) is 9.37 Å². The number of likely N-dealkylation sites (tertiary alicyclic amines) is 1. The highest BCUT2D eigenvalue weighted by molar-refractivity contribution is 5.79. The van der Waals surface area contributed by atoms with Crippen molar-refractivity contribution in [1.29, 1.82) is 0 Å². The van der Waals surface area contributed by atoms with Crippen LogP contribution in [0.25, 0.3) is 11.3 Å². The van der Waals surface area contributed by atoms with Gasteiger partial charge in [0.15, 0.2) is 0 Å². The number of carbonyl (C=O) groups is 2. The summed E-state index contributed by atoms with van der Waals surface area (Å²) in [5.41, 5.74) is 1.47. The Hall–Kier alpha value is -2.70. The molecule has 1 aliphatic rings. The molecule has 0 aliphatic carbocycles. The summed E-state index contributed by atoms with van der Waals surface area (Å²) in [5, 5.41) is 2.84. The lowest BCUT2D eigenvalue weighted by atomic mass is 10.0. The smallest absolute Gasteiger partial charge is 0.223 e. The zero-order chi connectivity index (χ0) is 20.6. The number of aromatic amines is 1. The quantitative estimate of drug-likeness (QED) is 0.704. The molecule has 0 saturated carbocycles. The summed E-state index contributed by atoms with van der Waals surface area (Å²) in [7, 11) is 0. The molecule has 1 unspecified atom stereocenters. The molecule has 1 fully saturated rings. The van der Waals surface area contributed by atoms with Gasteiger partial charge in [0.05, 0.1) is 17.9 Å². The number of nitrogens with zero attached hydrogens (tertiary/aromatic N) is 2. The molecule has 0 radical (unpaired) electrons. The molecular formula is C22H29FN4O2. The molecule has 1 aliphatic heterocycles. The Morgan fingerprint density at radius 2 is 2.17 bits per heavy atom. The number of carbonyl (C=O) groups excluding carboxylic acids is 2. The number of H-pyrrole nitrogens is 1. The molecule has 0 spiro atoms. The van der Waals surface area contributed by atoms with Gasteiger partial charge in [0.1, 0.15) is 11.6 Å². The minimum atomic E-state index is -0.295. The van der Waals surface area contributed by atoms with E-state index in [0.717, 1.165) is 42.8 Å². The molecule has 1 saturated heterocycles. The maximum atomic E-state index is 13.5. The zero-order valence-electron chi connectivity index (χ0n) is 16.9. The van der Waals surface area contributed by atoms with Gasteiger partial charge >= 0.3 is 0 Å². The number of rotatable bonds is 8. The molecule has 1 aromatic heterocycles. The average Bonchev–Trinajstić information content (AvgIpc) is 3.22. The van der Waals surface area contributed by atoms with Crippen LogP contribution in [0, 0.1) is 5.82 Å². The number of amides is 2. The van der Waals surface area contributed by atoms with Crippen molar-refractivity contribution < 1.29 is 14.0 Å². The largest absolute Gasteiger partial charge is 0.356 e. The molecule has 2 amide bonds. The van der Waals surface area contributed by atoms with E-state index < -0.39 is 0 Å². The second kappa shape index (κ2) is 10.2. The molecular weight excluding hydrogens is 371 g/mol. The van der Waals surface area contributed by atoms with Crippen molar-refractivity contribution in [1.82, 2.24) is 20.2 Å². The first-order chi connectivity index (χ1) is 14.1. The van der Waals surface area contributed by atoms with E-state index in [0.29, 0.717) is 32.4 Å². The maximum absolute atomic E-state index is 13.5. The van der Waals surface area contributed by atoms with Crippen molar-refractivity contribution in [3.63, 3.8) is 0 Å². The predicted molar refractivity (Wildman–Crippen MR) is 109 cm³/mol. The summed E-state index contributed by atoms with van der Waals surface area (Å²) in [6.07, 6.45) is 6.71. The maximum Gasteiger partial charge on any atom is 0.223 e. The fraction of sp³-hybridized carbons (Fsp3) is 0.500. The van der Waals surface area contributed by atoms with Crippen LogP contribution in [0.4, 0.5) is 4.39 Å². The van der Waals surface area contributed by atoms with Crippen LogP contribution in [-0.2, 0) is 9.59 Å². The number of aromatic nitrogens is 2. The van der Waals surface area contributed by atoms with Crippen LogP contribution in [0.3, 0.4) is 0 Å². The van der Waals surface area contributed by atoms with Crippen LogP contribution in [-0.4, -0.2) is 39.8 Å². The van der Waals surface area contributed by atoms with Gasteiger partial charge < -0.3 is 15.2 Å². The van der Waals surface area contributed by atoms with E-state index in [9.17, 15) is 14.0 Å². The molecule has 2 N–H and O–H groups in total. The summed E-state index contributed by atoms with van der Waals surface area (Å²) in [4.78, 5) is 34.2. The number of nitrogens with one attached hydrogen (secondary N) is 2. The van der Waals surface area contributed by atoms with Crippen molar-refractivity contribution >= 4 is 11.8 Å². The van der Waals surface area contributed by atoms with Crippen molar-refractivity contribution in [3.8, 4) is 11.3 Å². The molecule has 3 rings (SSSR count). The molecule has 2 heterocycles. The van der Waals surface area contributed by atoms with Gasteiger partial charge in [-0.05, 0) is 44.2 Å². The summed E-state index contributed by atoms with van der Waals surface area (Å²) in [6, 6.07) is 6.26. The Kier molecular flexibility index (Phi) is 7.38. The molecule has 0 bridgehead atoms. The summed E-state index contributed by atoms with van der Waals surface area (Å²) < 4.78 is 13.5. The Balaban J connectivity index is 1.62. The second-order valence-electron chi connectivity index (χ2n) is 7.49. The summed E-state index contributed by atoms with van der Waals surface area (Å²) >= 11 is 0. The van der Waals surface area contributed by atoms with E-state index in [1.165, 1.54) is 12.1 Å². The van der Waals surface area contributed by atoms with Gasteiger partial charge in [-0.3, -0.25) is 9.59 Å². The van der Waals surface area contributed by atoms with Crippen LogP contribution in [0.15, 0.2) is 30.5 Å². The van der Waals surface area contributed by atoms with E-state index >= 15 is 0 Å². The van der Waals surface area contributed by atoms with E-state index in [4.69, 9.17) is 0 Å². The third-order valence-corrected chi connectivity index (χ3v) is 5.24. The molecule has 6 nitrogen and oxygen atoms in total. The van der Waals surface area contributed by atoms with Gasteiger partial charge in [-0.2, -0.15) is 0 Å². The van der Waals surface area contributed by atoms with Gasteiger partial charge in [0.25, 0.3) is 0 Å². The summed E-state index contributed by atoms with van der Waals surface area (Å²) in [6.45, 7) is 3.38. The normalized spacial score (nSPS) is 16.6. The Morgan fingerprint density at radius 1 is 1.31 bits per heavy atom. The van der Waals surface area contributed by atoms with E-state index in [-0.39, 0.29) is 23.7 Å². The Labute approximate surface area is 170 Å². The monoisotopic (exact) mass is 400 g/mol. The molecule has 1 atom stereocenters. The van der Waals surface area contributed by atoms with E-state index in [2.05, 4.69) is 15.3 Å². The first-order valence-corrected chi connectivity index (χ1v) is 10.5. The topological polar surface area (TPSA) is 78.1 Å². The lowest BCUT2D eigenvalue weighted by molar-refractivity contribution is -0.135. The number of hydrogen-bond donors (Lipinski definition) is 2. The number of imidazole rings is 1. The SMILES string of the molecule is CCCNC(=O)CCCC(=O)N1CCCCC1c1ncc(-c2cccc(F)c2)[nH]1. The Bertz CT molecular complexity index is 836. The van der Waals surface area contributed by atoms with Gasteiger partial charge in [-0.15, -0.1) is 0 Å². The highest BCUT2D eigenvalue weighted by Gasteiger charge is 2.29. The standard InChI is InChI=1S/C22H29FN4O2/c1-2-12-24-20(28)10-6-11-21(29)27-13-4-3-9-19(27)22-25-15-18(26-22)16-7-5-8-17(23)14-16/h5,7-8,14-15,19H,2-4,6,9-13H2,1H3,(H,24,28)(H,25,26). The number of benzene rings is 1. The van der Waals surface area contributed by atoms with E-state index in [1.807, 2.05) is 17.9 Å². The minimum Gasteiger partial charge on any atom is -0.356 e. The third kappa shape index (κ3) is 5.65. The van der Waals surface area contributed by atoms with Crippen molar-refractivity contribution in [2.45, 2.75) is 57.9 Å². The van der Waals surface area contributed by atoms with Crippen molar-refractivity contribution in [3.05, 3.63) is 42.1 Å². The molecule has 2 aromatic rings. The molecule has 156 valence electrons. The van der Waals surface area contributed by atoms with Crippen LogP contribution in [0.2, 0.25) is 0 Å². The Morgan fingerprint density at radius 3 is 2.97 bits per heavy atom. The lowest BCUT2D eigenvalue weighted by Gasteiger charge is -2.34. The van der Waals surface area contributed by atoms with Gasteiger partial charge in [0.2, 0.25) is 11.8 Å². The van der Waals surface area contributed by atoms with E-state index in [1.54, 1.807) is 12.3 Å². The van der Waals surface area contributed by atoms with Crippen LogP contribution in [0.5, 0.6) is 0 Å². The zero-order valence-corrected chi connectivity index (χ0v) is 16.9. The number of halogens is 1. The first kappa shape index (κ1) is 21.0. The first-order valence-electron chi connectivity index (χ1n) is 10.5. The average molecular weight is 400 g/mol. The van der Waals surface area contributed by atoms with Crippen molar-refractivity contribution in [2.24, 2.45) is 0 Å². The summed E-state index contributed by atoms with van der Waals surface area (Å²) in [5.74, 6) is 0.497. The minimum absolute atomic E-state index is 0.000568. The number of piperidine rings is 1. The third-order valence-electron chi connectivity index (χ3n) is 5.24. The molecule has 7 heteroatoms. The lowest BCUT2D eigenvalue weighted by Crippen LogP contribution is -2.39. The highest BCUT2D eigenvalue weighted by Crippen LogP contribution is 2.31. The second-order valence-corrected chi connectivity index (χ2v) is 7.49. The molecule has 29 heavy (non-hydrogen) atoms. The predicted octanol–water partition coefficient (Wildman–Crippen LogP) is 3.97. The van der Waals surface area contributed by atoms with Gasteiger partial charge in [-0.1, -0.05) is 19.1 Å². The van der Waals surface area contributed by atoms with Crippen molar-refractivity contribution in [2.75, 3.05) is 13.1 Å². The van der Waals surface area contributed by atoms with Crippen LogP contribution in [0.1, 0.15) is 63.7 Å². The molecule has 1 aromatic carbocycles. The van der Waals surface area contributed by atoms with Crippen LogP contribution < -0.4 is 5.32 Å². The fourth-order valence-electron chi connectivity index (χ4n) is 3.72. The highest BCUT2D eigenvalue weighted by atomic mass is 19.1. The van der Waals surface area contributed by atoms with Gasteiger partial charge in [0, 0.05) is 31.5 Å². The number of hydrogen-bond acceptors (Lipinski definition) is 3. The van der Waals surface area contributed by atoms with Crippen LogP contribution >= 0.6 is 0 Å².